The molecule has 9 heteroatoms. The van der Waals surface area contributed by atoms with Gasteiger partial charge in [-0.1, -0.05) is 12.1 Å². The number of hydrogen-bond acceptors (Lipinski definition) is 5. The predicted molar refractivity (Wildman–Crippen MR) is 102 cm³/mol. The Hall–Kier alpha value is -3.62. The Balaban J connectivity index is 1.75. The first-order valence-corrected chi connectivity index (χ1v) is 8.59. The smallest absolute Gasteiger partial charge is 0.387 e. The van der Waals surface area contributed by atoms with Crippen LogP contribution in [0.4, 0.5) is 14.6 Å². The van der Waals surface area contributed by atoms with E-state index in [1.54, 1.807) is 37.2 Å². The lowest BCUT2D eigenvalue weighted by molar-refractivity contribution is -0.0498. The quantitative estimate of drug-likeness (QED) is 0.619. The first-order valence-electron chi connectivity index (χ1n) is 8.59. The molecule has 2 aromatic carbocycles. The van der Waals surface area contributed by atoms with Crippen LogP contribution in [-0.4, -0.2) is 36.5 Å². The summed E-state index contributed by atoms with van der Waals surface area (Å²) in [7, 11) is 3.10. The summed E-state index contributed by atoms with van der Waals surface area (Å²) in [5, 5.41) is 6.99. The fraction of sp³-hybridized carbons (Fsp3) is 0.200. The minimum atomic E-state index is -2.92. The molecular weight excluding hydrogens is 384 g/mol. The average molecular weight is 403 g/mol. The first kappa shape index (κ1) is 20.1. The Morgan fingerprint density at radius 2 is 1.86 bits per heavy atom. The summed E-state index contributed by atoms with van der Waals surface area (Å²) in [5.74, 6) is 1.21. The van der Waals surface area contributed by atoms with E-state index in [1.807, 2.05) is 12.1 Å². The van der Waals surface area contributed by atoms with E-state index in [0.717, 1.165) is 5.56 Å². The number of alkyl halides is 2. The van der Waals surface area contributed by atoms with Gasteiger partial charge in [-0.15, -0.1) is 0 Å². The molecule has 0 radical (unpaired) electrons. The molecule has 0 aliphatic heterocycles. The molecule has 7 nitrogen and oxygen atoms in total. The summed E-state index contributed by atoms with van der Waals surface area (Å²) >= 11 is 0. The molecule has 0 fully saturated rings. The Morgan fingerprint density at radius 1 is 1.10 bits per heavy atom. The van der Waals surface area contributed by atoms with Crippen molar-refractivity contribution in [1.29, 1.82) is 0 Å². The van der Waals surface area contributed by atoms with Crippen molar-refractivity contribution in [3.05, 3.63) is 65.9 Å². The topological polar surface area (TPSA) is 74.6 Å². The van der Waals surface area contributed by atoms with Gasteiger partial charge in [0.15, 0.2) is 11.5 Å². The van der Waals surface area contributed by atoms with Crippen LogP contribution >= 0.6 is 0 Å². The van der Waals surface area contributed by atoms with Crippen LogP contribution in [0.3, 0.4) is 0 Å². The normalized spacial score (nSPS) is 10.7. The summed E-state index contributed by atoms with van der Waals surface area (Å²) in [5.41, 5.74) is 1.11. The summed E-state index contributed by atoms with van der Waals surface area (Å²) in [6, 6.07) is 12.6. The third-order valence-electron chi connectivity index (χ3n) is 4.10. The molecule has 0 atom stereocenters. The number of amides is 1. The number of nitrogens with one attached hydrogen (secondary N) is 1. The lowest BCUT2D eigenvalue weighted by Gasteiger charge is -2.14. The fourth-order valence-electron chi connectivity index (χ4n) is 2.78. The number of halogens is 2. The van der Waals surface area contributed by atoms with Crippen LogP contribution in [0.15, 0.2) is 54.7 Å². The van der Waals surface area contributed by atoms with Gasteiger partial charge in [-0.3, -0.25) is 4.79 Å². The summed E-state index contributed by atoms with van der Waals surface area (Å²) in [4.78, 5) is 12.5. The molecule has 152 valence electrons. The predicted octanol–water partition coefficient (Wildman–Crippen LogP) is 3.80. The second kappa shape index (κ2) is 9.05. The zero-order chi connectivity index (χ0) is 20.8. The minimum Gasteiger partial charge on any atom is -0.493 e. The number of methoxy groups -OCH3 is 2. The minimum absolute atomic E-state index is 0.0216. The van der Waals surface area contributed by atoms with Crippen molar-refractivity contribution in [3.63, 3.8) is 0 Å². The Bertz CT molecular complexity index is 974. The number of benzene rings is 2. The van der Waals surface area contributed by atoms with E-state index in [4.69, 9.17) is 9.47 Å². The van der Waals surface area contributed by atoms with Crippen LogP contribution in [0, 0.1) is 0 Å². The van der Waals surface area contributed by atoms with E-state index < -0.39 is 12.5 Å². The summed E-state index contributed by atoms with van der Waals surface area (Å²) in [6.07, 6.45) is 1.56. The van der Waals surface area contributed by atoms with Gasteiger partial charge in [0.05, 0.1) is 27.0 Å². The molecule has 0 bridgehead atoms. The van der Waals surface area contributed by atoms with E-state index in [9.17, 15) is 13.6 Å². The maximum Gasteiger partial charge on any atom is 0.387 e. The van der Waals surface area contributed by atoms with Crippen LogP contribution in [0.1, 0.15) is 15.9 Å². The highest BCUT2D eigenvalue weighted by atomic mass is 19.3. The SMILES string of the molecule is COc1cccc(Cn2nccc2NC(=O)c2ccc(OC(F)F)cc2)c1OC. The lowest BCUT2D eigenvalue weighted by Crippen LogP contribution is -2.16. The molecule has 1 amide bonds. The van der Waals surface area contributed by atoms with E-state index in [-0.39, 0.29) is 5.75 Å². The first-order chi connectivity index (χ1) is 14.0. The molecule has 29 heavy (non-hydrogen) atoms. The molecule has 0 aliphatic rings. The van der Waals surface area contributed by atoms with Gasteiger partial charge in [-0.25, -0.2) is 4.68 Å². The molecule has 1 N–H and O–H groups in total. The van der Waals surface area contributed by atoms with Gasteiger partial charge in [-0.05, 0) is 30.3 Å². The molecule has 3 rings (SSSR count). The van der Waals surface area contributed by atoms with Crippen molar-refractivity contribution < 1.29 is 27.8 Å². The van der Waals surface area contributed by atoms with E-state index in [2.05, 4.69) is 15.2 Å². The number of carbonyl (C=O) groups is 1. The molecule has 0 aliphatic carbocycles. The third kappa shape index (κ3) is 4.81. The van der Waals surface area contributed by atoms with Crippen LogP contribution < -0.4 is 19.5 Å². The Labute approximate surface area is 165 Å². The standard InChI is InChI=1S/C20H19F2N3O4/c1-27-16-5-3-4-14(18(16)28-2)12-25-17(10-11-23-25)24-19(26)13-6-8-15(9-7-13)29-20(21)22/h3-11,20H,12H2,1-2H3,(H,24,26). The van der Waals surface area contributed by atoms with Gasteiger partial charge in [0.1, 0.15) is 11.6 Å². The molecule has 0 unspecified atom stereocenters. The monoisotopic (exact) mass is 403 g/mol. The number of aromatic nitrogens is 2. The summed E-state index contributed by atoms with van der Waals surface area (Å²) in [6.45, 7) is -2.58. The van der Waals surface area contributed by atoms with Crippen LogP contribution in [0.5, 0.6) is 17.2 Å². The van der Waals surface area contributed by atoms with Gasteiger partial charge >= 0.3 is 6.61 Å². The second-order valence-electron chi connectivity index (χ2n) is 5.88. The highest BCUT2D eigenvalue weighted by Gasteiger charge is 2.14. The zero-order valence-corrected chi connectivity index (χ0v) is 15.8. The number of para-hydroxylation sites is 1. The molecular formula is C20H19F2N3O4. The van der Waals surface area contributed by atoms with Crippen molar-refractivity contribution in [3.8, 4) is 17.2 Å². The van der Waals surface area contributed by atoms with Crippen molar-refractivity contribution in [2.24, 2.45) is 0 Å². The van der Waals surface area contributed by atoms with Crippen molar-refractivity contribution in [2.75, 3.05) is 19.5 Å². The number of hydrogen-bond donors (Lipinski definition) is 1. The number of anilines is 1. The highest BCUT2D eigenvalue weighted by molar-refractivity contribution is 6.03. The maximum absolute atomic E-state index is 12.5. The molecule has 1 aromatic heterocycles. The van der Waals surface area contributed by atoms with Crippen LogP contribution in [-0.2, 0) is 6.54 Å². The fourth-order valence-corrected chi connectivity index (χ4v) is 2.78. The van der Waals surface area contributed by atoms with Gasteiger partial charge in [0.2, 0.25) is 0 Å². The van der Waals surface area contributed by atoms with Gasteiger partial charge in [-0.2, -0.15) is 13.9 Å². The number of ether oxygens (including phenoxy) is 3. The molecule has 0 saturated carbocycles. The van der Waals surface area contributed by atoms with E-state index in [1.165, 1.54) is 24.3 Å². The molecule has 0 saturated heterocycles. The van der Waals surface area contributed by atoms with Gasteiger partial charge in [0, 0.05) is 17.2 Å². The van der Waals surface area contributed by atoms with Crippen molar-refractivity contribution >= 4 is 11.7 Å². The molecule has 1 heterocycles. The second-order valence-corrected chi connectivity index (χ2v) is 5.88. The third-order valence-corrected chi connectivity index (χ3v) is 4.10. The maximum atomic E-state index is 12.5. The lowest BCUT2D eigenvalue weighted by atomic mass is 10.2. The largest absolute Gasteiger partial charge is 0.493 e. The van der Waals surface area contributed by atoms with Crippen LogP contribution in [0.25, 0.3) is 0 Å². The van der Waals surface area contributed by atoms with Crippen molar-refractivity contribution in [1.82, 2.24) is 9.78 Å². The average Bonchev–Trinajstić information content (AvgIpc) is 3.14. The van der Waals surface area contributed by atoms with Crippen molar-refractivity contribution in [2.45, 2.75) is 13.2 Å². The number of nitrogens with zero attached hydrogens (tertiary/aromatic N) is 2. The molecule has 3 aromatic rings. The summed E-state index contributed by atoms with van der Waals surface area (Å²) < 4.78 is 41.1. The van der Waals surface area contributed by atoms with Crippen LogP contribution in [0.2, 0.25) is 0 Å². The molecule has 0 spiro atoms. The highest BCUT2D eigenvalue weighted by Crippen LogP contribution is 2.31. The van der Waals surface area contributed by atoms with E-state index >= 15 is 0 Å². The number of carbonyl (C=O) groups excluding carboxylic acids is 1. The number of rotatable bonds is 8. The van der Waals surface area contributed by atoms with Gasteiger partial charge in [0.25, 0.3) is 5.91 Å². The van der Waals surface area contributed by atoms with Gasteiger partial charge < -0.3 is 19.5 Å². The zero-order valence-electron chi connectivity index (χ0n) is 15.8. The van der Waals surface area contributed by atoms with E-state index in [0.29, 0.717) is 29.4 Å². The Morgan fingerprint density at radius 3 is 2.52 bits per heavy atom. The Kier molecular flexibility index (Phi) is 6.28.